The molecule has 2 atom stereocenters. The van der Waals surface area contributed by atoms with Crippen LogP contribution in [0.3, 0.4) is 0 Å². The predicted octanol–water partition coefficient (Wildman–Crippen LogP) is 3.75. The number of hydrogen-bond donors (Lipinski definition) is 1. The van der Waals surface area contributed by atoms with Gasteiger partial charge in [-0.15, -0.1) is 0 Å². The lowest BCUT2D eigenvalue weighted by molar-refractivity contribution is 0.491. The Morgan fingerprint density at radius 2 is 2.21 bits per heavy atom. The molecular formula is C14H22N4S. The van der Waals surface area contributed by atoms with Gasteiger partial charge in [0.1, 0.15) is 5.52 Å². The third-order valence-corrected chi connectivity index (χ3v) is 4.59. The Balaban J connectivity index is 2.14. The molecule has 104 valence electrons. The van der Waals surface area contributed by atoms with Gasteiger partial charge in [-0.3, -0.25) is 9.25 Å². The van der Waals surface area contributed by atoms with Crippen molar-refractivity contribution >= 4 is 23.4 Å². The minimum Gasteiger partial charge on any atom is -0.328 e. The van der Waals surface area contributed by atoms with Gasteiger partial charge >= 0.3 is 0 Å². The Labute approximate surface area is 118 Å². The summed E-state index contributed by atoms with van der Waals surface area (Å²) in [5, 5.41) is 4.65. The van der Waals surface area contributed by atoms with Crippen LogP contribution < -0.4 is 0 Å². The fourth-order valence-corrected chi connectivity index (χ4v) is 3.74. The van der Waals surface area contributed by atoms with Crippen LogP contribution in [0.2, 0.25) is 0 Å². The maximum Gasteiger partial charge on any atom is 0.179 e. The molecule has 0 aliphatic heterocycles. The van der Waals surface area contributed by atoms with Crippen LogP contribution in [-0.2, 0) is 13.5 Å². The van der Waals surface area contributed by atoms with Crippen molar-refractivity contribution < 1.29 is 0 Å². The fraction of sp³-hybridized carbons (Fsp3) is 0.714. The van der Waals surface area contributed by atoms with E-state index in [4.69, 9.17) is 12.2 Å². The molecule has 1 N–H and O–H groups in total. The average Bonchev–Trinajstić information content (AvgIpc) is 2.98. The van der Waals surface area contributed by atoms with Crippen LogP contribution in [0.15, 0.2) is 0 Å². The highest BCUT2D eigenvalue weighted by Crippen LogP contribution is 2.36. The Morgan fingerprint density at radius 1 is 1.42 bits per heavy atom. The van der Waals surface area contributed by atoms with Gasteiger partial charge < -0.3 is 4.98 Å². The summed E-state index contributed by atoms with van der Waals surface area (Å²) in [6.45, 7) is 4.52. The van der Waals surface area contributed by atoms with Gasteiger partial charge in [-0.1, -0.05) is 20.3 Å². The van der Waals surface area contributed by atoms with E-state index in [0.717, 1.165) is 34.7 Å². The second-order valence-electron chi connectivity index (χ2n) is 5.89. The summed E-state index contributed by atoms with van der Waals surface area (Å²) < 4.78 is 5.16. The Hall–Kier alpha value is -1.10. The minimum atomic E-state index is 0.543. The number of nitrogens with one attached hydrogen (secondary N) is 1. The zero-order valence-electron chi connectivity index (χ0n) is 11.9. The van der Waals surface area contributed by atoms with Crippen LogP contribution in [0.5, 0.6) is 0 Å². The van der Waals surface area contributed by atoms with Gasteiger partial charge in [0.05, 0.1) is 5.69 Å². The Kier molecular flexibility index (Phi) is 3.25. The zero-order valence-corrected chi connectivity index (χ0v) is 12.8. The predicted molar refractivity (Wildman–Crippen MR) is 79.9 cm³/mol. The smallest absolute Gasteiger partial charge is 0.179 e. The monoisotopic (exact) mass is 278 g/mol. The molecule has 2 heterocycles. The average molecular weight is 278 g/mol. The zero-order chi connectivity index (χ0) is 13.6. The third kappa shape index (κ3) is 2.04. The summed E-state index contributed by atoms with van der Waals surface area (Å²) in [4.78, 5) is 3.39. The molecule has 5 heteroatoms. The van der Waals surface area contributed by atoms with Crippen molar-refractivity contribution in [3.63, 3.8) is 0 Å². The van der Waals surface area contributed by atoms with Crippen molar-refractivity contribution in [2.24, 2.45) is 13.0 Å². The Morgan fingerprint density at radius 3 is 2.84 bits per heavy atom. The van der Waals surface area contributed by atoms with E-state index in [1.165, 1.54) is 24.9 Å². The molecule has 1 fully saturated rings. The van der Waals surface area contributed by atoms with Gasteiger partial charge in [0, 0.05) is 13.1 Å². The molecule has 2 aromatic rings. The lowest BCUT2D eigenvalue weighted by atomic mass is 10.1. The summed E-state index contributed by atoms with van der Waals surface area (Å²) >= 11 is 5.55. The van der Waals surface area contributed by atoms with E-state index < -0.39 is 0 Å². The summed E-state index contributed by atoms with van der Waals surface area (Å²) in [5.41, 5.74) is 3.47. The van der Waals surface area contributed by atoms with E-state index >= 15 is 0 Å². The molecular weight excluding hydrogens is 256 g/mol. The second-order valence-corrected chi connectivity index (χ2v) is 6.28. The minimum absolute atomic E-state index is 0.543. The van der Waals surface area contributed by atoms with Crippen molar-refractivity contribution in [2.45, 2.75) is 52.0 Å². The quantitative estimate of drug-likeness (QED) is 0.868. The van der Waals surface area contributed by atoms with E-state index in [1.807, 2.05) is 11.7 Å². The number of H-pyrrole nitrogens is 1. The van der Waals surface area contributed by atoms with E-state index in [2.05, 4.69) is 28.5 Å². The van der Waals surface area contributed by atoms with Gasteiger partial charge in [-0.05, 0) is 43.8 Å². The number of aryl methyl sites for hydroxylation is 2. The molecule has 0 amide bonds. The van der Waals surface area contributed by atoms with Crippen LogP contribution in [0.4, 0.5) is 0 Å². The SMILES string of the molecule is CCCc1nn(C)c2c1[nH]c(=S)n2C1CCC(C)C1. The molecule has 0 aromatic carbocycles. The van der Waals surface area contributed by atoms with Gasteiger partial charge in [0.25, 0.3) is 0 Å². The summed E-state index contributed by atoms with van der Waals surface area (Å²) in [6.07, 6.45) is 5.89. The summed E-state index contributed by atoms with van der Waals surface area (Å²) in [5.74, 6) is 0.806. The highest BCUT2D eigenvalue weighted by Gasteiger charge is 2.26. The first-order chi connectivity index (χ1) is 9.11. The van der Waals surface area contributed by atoms with E-state index in [9.17, 15) is 0 Å². The normalized spacial score (nSPS) is 23.5. The van der Waals surface area contributed by atoms with Gasteiger partial charge in [0.15, 0.2) is 10.4 Å². The van der Waals surface area contributed by atoms with Crippen molar-refractivity contribution in [3.05, 3.63) is 10.5 Å². The molecule has 0 bridgehead atoms. The first-order valence-corrected chi connectivity index (χ1v) is 7.68. The number of fused-ring (bicyclic) bond motifs is 1. The molecule has 4 nitrogen and oxygen atoms in total. The maximum absolute atomic E-state index is 5.55. The number of rotatable bonds is 3. The lowest BCUT2D eigenvalue weighted by Crippen LogP contribution is -2.08. The van der Waals surface area contributed by atoms with Crippen LogP contribution >= 0.6 is 12.2 Å². The molecule has 2 aromatic heterocycles. The molecule has 1 aliphatic carbocycles. The molecule has 1 saturated carbocycles. The number of hydrogen-bond acceptors (Lipinski definition) is 2. The van der Waals surface area contributed by atoms with Crippen molar-refractivity contribution in [3.8, 4) is 0 Å². The molecule has 0 radical (unpaired) electrons. The number of aromatic amines is 1. The first-order valence-electron chi connectivity index (χ1n) is 7.27. The number of imidazole rings is 1. The second kappa shape index (κ2) is 4.78. The van der Waals surface area contributed by atoms with Crippen LogP contribution in [0, 0.1) is 10.7 Å². The standard InChI is InChI=1S/C14H22N4S/c1-4-5-11-12-13(17(3)16-11)18(14(19)15-12)10-7-6-9(2)8-10/h9-10H,4-8H2,1-3H3,(H,15,19). The molecule has 3 rings (SSSR count). The van der Waals surface area contributed by atoms with Crippen LogP contribution in [-0.4, -0.2) is 19.3 Å². The van der Waals surface area contributed by atoms with Crippen molar-refractivity contribution in [1.29, 1.82) is 0 Å². The summed E-state index contributed by atoms with van der Waals surface area (Å²) in [6, 6.07) is 0.543. The van der Waals surface area contributed by atoms with Gasteiger partial charge in [-0.2, -0.15) is 5.10 Å². The fourth-order valence-electron chi connectivity index (χ4n) is 3.40. The van der Waals surface area contributed by atoms with E-state index in [1.54, 1.807) is 0 Å². The number of nitrogens with zero attached hydrogens (tertiary/aromatic N) is 3. The third-order valence-electron chi connectivity index (χ3n) is 4.29. The highest BCUT2D eigenvalue weighted by molar-refractivity contribution is 7.71. The molecule has 0 spiro atoms. The van der Waals surface area contributed by atoms with Crippen molar-refractivity contribution in [2.75, 3.05) is 0 Å². The van der Waals surface area contributed by atoms with E-state index in [0.29, 0.717) is 6.04 Å². The van der Waals surface area contributed by atoms with Crippen molar-refractivity contribution in [1.82, 2.24) is 19.3 Å². The maximum atomic E-state index is 5.55. The number of aromatic nitrogens is 4. The lowest BCUT2D eigenvalue weighted by Gasteiger charge is -2.12. The topological polar surface area (TPSA) is 38.5 Å². The largest absolute Gasteiger partial charge is 0.328 e. The Bertz CT molecular complexity index is 648. The van der Waals surface area contributed by atoms with Gasteiger partial charge in [-0.25, -0.2) is 0 Å². The van der Waals surface area contributed by atoms with Crippen LogP contribution in [0.1, 0.15) is 51.3 Å². The summed E-state index contributed by atoms with van der Waals surface area (Å²) in [7, 11) is 2.03. The molecule has 1 aliphatic rings. The molecule has 19 heavy (non-hydrogen) atoms. The van der Waals surface area contributed by atoms with Crippen LogP contribution in [0.25, 0.3) is 11.2 Å². The first kappa shape index (κ1) is 12.9. The molecule has 0 saturated heterocycles. The molecule has 2 unspecified atom stereocenters. The highest BCUT2D eigenvalue weighted by atomic mass is 32.1. The van der Waals surface area contributed by atoms with E-state index in [-0.39, 0.29) is 0 Å². The van der Waals surface area contributed by atoms with Gasteiger partial charge in [0.2, 0.25) is 0 Å².